The van der Waals surface area contributed by atoms with Crippen LogP contribution in [0.4, 0.5) is 5.69 Å². The van der Waals surface area contributed by atoms with Crippen molar-refractivity contribution in [3.8, 4) is 0 Å². The van der Waals surface area contributed by atoms with Crippen molar-refractivity contribution in [3.63, 3.8) is 0 Å². The highest BCUT2D eigenvalue weighted by molar-refractivity contribution is 6.54. The average Bonchev–Trinajstić information content (AvgIpc) is 2.32. The lowest BCUT2D eigenvalue weighted by atomic mass is 10.3. The molecule has 1 aromatic carbocycles. The minimum atomic E-state index is -0.584. The van der Waals surface area contributed by atoms with Gasteiger partial charge in [0.15, 0.2) is 0 Å². The number of anilines is 1. The summed E-state index contributed by atoms with van der Waals surface area (Å²) in [5.41, 5.74) is 6.59. The van der Waals surface area contributed by atoms with Gasteiger partial charge in [-0.05, 0) is 25.0 Å². The van der Waals surface area contributed by atoms with Crippen LogP contribution in [0.15, 0.2) is 24.3 Å². The Labute approximate surface area is 106 Å². The molecule has 0 saturated heterocycles. The minimum absolute atomic E-state index is 0.0169. The van der Waals surface area contributed by atoms with Gasteiger partial charge < -0.3 is 15.2 Å². The quantitative estimate of drug-likeness (QED) is 0.430. The third kappa shape index (κ3) is 5.86. The van der Waals surface area contributed by atoms with E-state index < -0.39 is 9.52 Å². The Hall–Kier alpha value is -0.843. The normalized spacial score (nSPS) is 11.7. The Morgan fingerprint density at radius 1 is 1.18 bits per heavy atom. The van der Waals surface area contributed by atoms with Crippen molar-refractivity contribution in [1.29, 1.82) is 0 Å². The Bertz CT molecular complexity index is 312. The minimum Gasteiger partial charge on any atom is -0.399 e. The number of rotatable bonds is 8. The van der Waals surface area contributed by atoms with Crippen molar-refractivity contribution < 1.29 is 9.47 Å². The first-order valence-corrected chi connectivity index (χ1v) is 7.86. The zero-order chi connectivity index (χ0) is 12.5. The molecule has 1 aromatic rings. The molecule has 0 aromatic heterocycles. The van der Waals surface area contributed by atoms with Crippen LogP contribution < -0.4 is 10.9 Å². The number of benzene rings is 1. The van der Waals surface area contributed by atoms with Crippen molar-refractivity contribution >= 4 is 20.4 Å². The van der Waals surface area contributed by atoms with Gasteiger partial charge >= 0.3 is 0 Å². The molecule has 1 rings (SSSR count). The fraction of sp³-hybridized carbons (Fsp3) is 0.538. The molecule has 0 aliphatic heterocycles. The van der Waals surface area contributed by atoms with E-state index >= 15 is 0 Å². The van der Waals surface area contributed by atoms with Crippen LogP contribution in [0.1, 0.15) is 26.7 Å². The van der Waals surface area contributed by atoms with Crippen LogP contribution >= 0.6 is 0 Å². The van der Waals surface area contributed by atoms with E-state index in [9.17, 15) is 0 Å². The van der Waals surface area contributed by atoms with E-state index in [1.54, 1.807) is 0 Å². The summed E-state index contributed by atoms with van der Waals surface area (Å²) < 4.78 is 11.5. The summed E-state index contributed by atoms with van der Waals surface area (Å²) in [6.45, 7) is 5.76. The van der Waals surface area contributed by atoms with E-state index in [0.29, 0.717) is 0 Å². The first kappa shape index (κ1) is 14.2. The lowest BCUT2D eigenvalue weighted by Gasteiger charge is -2.18. The number of hydrogen-bond donors (Lipinski definition) is 1. The molecule has 0 spiro atoms. The summed E-state index contributed by atoms with van der Waals surface area (Å²) in [6, 6.07) is 8.05. The van der Waals surface area contributed by atoms with Gasteiger partial charge in [0.1, 0.15) is 15.4 Å². The maximum atomic E-state index is 5.78. The number of nitrogens with two attached hydrogens (primary N) is 1. The molecule has 0 heterocycles. The van der Waals surface area contributed by atoms with E-state index in [2.05, 4.69) is 19.9 Å². The predicted molar refractivity (Wildman–Crippen MR) is 75.3 cm³/mol. The molecule has 0 bridgehead atoms. The zero-order valence-corrected chi connectivity index (χ0v) is 12.2. The van der Waals surface area contributed by atoms with Crippen molar-refractivity contribution in [3.05, 3.63) is 24.3 Å². The summed E-state index contributed by atoms with van der Waals surface area (Å²) in [5.74, 6) is -0.0169. The molecule has 17 heavy (non-hydrogen) atoms. The molecule has 0 aliphatic rings. The summed E-state index contributed by atoms with van der Waals surface area (Å²) in [7, 11) is -0.584. The van der Waals surface area contributed by atoms with Gasteiger partial charge in [-0.15, -0.1) is 0 Å². The number of nitrogen functional groups attached to an aromatic ring is 1. The van der Waals surface area contributed by atoms with E-state index in [4.69, 9.17) is 15.2 Å². The second kappa shape index (κ2) is 8.28. The van der Waals surface area contributed by atoms with Crippen LogP contribution in [0.2, 0.25) is 0 Å². The summed E-state index contributed by atoms with van der Waals surface area (Å²) >= 11 is 0. The third-order valence-corrected chi connectivity index (χ3v) is 4.09. The fourth-order valence-corrected chi connectivity index (χ4v) is 3.16. The second-order valence-electron chi connectivity index (χ2n) is 4.12. The topological polar surface area (TPSA) is 44.5 Å². The lowest BCUT2D eigenvalue weighted by molar-refractivity contribution is -0.0894. The molecule has 96 valence electrons. The average molecular weight is 253 g/mol. The largest absolute Gasteiger partial charge is 0.399 e. The van der Waals surface area contributed by atoms with Crippen LogP contribution in [0, 0.1) is 0 Å². The SMILES string of the molecule is CCCOC(OCCC)[SiH2]c1cccc(N)c1. The highest BCUT2D eigenvalue weighted by atomic mass is 28.2. The molecule has 0 atom stereocenters. The van der Waals surface area contributed by atoms with Gasteiger partial charge in [0.05, 0.1) is 0 Å². The van der Waals surface area contributed by atoms with E-state index in [1.165, 1.54) is 5.19 Å². The monoisotopic (exact) mass is 253 g/mol. The van der Waals surface area contributed by atoms with Crippen LogP contribution in [-0.4, -0.2) is 28.6 Å². The maximum Gasteiger partial charge on any atom is 0.139 e. The van der Waals surface area contributed by atoms with Crippen LogP contribution in [0.3, 0.4) is 0 Å². The van der Waals surface area contributed by atoms with Gasteiger partial charge in [0.25, 0.3) is 0 Å². The second-order valence-corrected chi connectivity index (χ2v) is 6.01. The van der Waals surface area contributed by atoms with Gasteiger partial charge in [-0.3, -0.25) is 0 Å². The van der Waals surface area contributed by atoms with Gasteiger partial charge in [-0.2, -0.15) is 0 Å². The van der Waals surface area contributed by atoms with Gasteiger partial charge in [-0.1, -0.05) is 31.2 Å². The van der Waals surface area contributed by atoms with Crippen molar-refractivity contribution in [2.24, 2.45) is 0 Å². The molecular formula is C13H23NO2Si. The molecule has 0 aliphatic carbocycles. The van der Waals surface area contributed by atoms with E-state index in [1.807, 2.05) is 18.2 Å². The lowest BCUT2D eigenvalue weighted by Crippen LogP contribution is -2.33. The Morgan fingerprint density at radius 3 is 2.35 bits per heavy atom. The number of ether oxygens (including phenoxy) is 2. The van der Waals surface area contributed by atoms with Gasteiger partial charge in [0.2, 0.25) is 0 Å². The molecule has 2 N–H and O–H groups in total. The summed E-state index contributed by atoms with van der Waals surface area (Å²) in [5, 5.41) is 1.29. The molecule has 0 saturated carbocycles. The Balaban J connectivity index is 2.51. The first-order valence-electron chi connectivity index (χ1n) is 6.33. The molecule has 0 radical (unpaired) electrons. The molecule has 0 unspecified atom stereocenters. The predicted octanol–water partition coefficient (Wildman–Crippen LogP) is 1.20. The zero-order valence-electron chi connectivity index (χ0n) is 10.8. The first-order chi connectivity index (χ1) is 8.26. The van der Waals surface area contributed by atoms with E-state index in [0.717, 1.165) is 31.7 Å². The van der Waals surface area contributed by atoms with Crippen LogP contribution in [0.5, 0.6) is 0 Å². The summed E-state index contributed by atoms with van der Waals surface area (Å²) in [6.07, 6.45) is 2.05. The maximum absolute atomic E-state index is 5.78. The third-order valence-electron chi connectivity index (χ3n) is 2.37. The van der Waals surface area contributed by atoms with E-state index in [-0.39, 0.29) is 5.91 Å². The molecule has 4 heteroatoms. The fourth-order valence-electron chi connectivity index (χ4n) is 1.58. The Morgan fingerprint density at radius 2 is 1.82 bits per heavy atom. The van der Waals surface area contributed by atoms with Gasteiger partial charge in [0, 0.05) is 18.9 Å². The van der Waals surface area contributed by atoms with Crippen molar-refractivity contribution in [2.75, 3.05) is 18.9 Å². The highest BCUT2D eigenvalue weighted by Gasteiger charge is 2.10. The van der Waals surface area contributed by atoms with Crippen LogP contribution in [0.25, 0.3) is 0 Å². The van der Waals surface area contributed by atoms with Gasteiger partial charge in [-0.25, -0.2) is 0 Å². The van der Waals surface area contributed by atoms with Crippen LogP contribution in [-0.2, 0) is 9.47 Å². The molecular weight excluding hydrogens is 230 g/mol. The highest BCUT2D eigenvalue weighted by Crippen LogP contribution is 2.00. The smallest absolute Gasteiger partial charge is 0.139 e. The summed E-state index contributed by atoms with van der Waals surface area (Å²) in [4.78, 5) is 0. The molecule has 0 amide bonds. The Kier molecular flexibility index (Phi) is 6.92. The number of hydrogen-bond acceptors (Lipinski definition) is 3. The van der Waals surface area contributed by atoms with Crippen molar-refractivity contribution in [1.82, 2.24) is 0 Å². The standard InChI is InChI=1S/C13H23NO2Si/c1-3-8-15-13(16-9-4-2)17-12-7-5-6-11(14)10-12/h5-7,10,13H,3-4,8-9,14,17H2,1-2H3. The van der Waals surface area contributed by atoms with Crippen molar-refractivity contribution in [2.45, 2.75) is 32.6 Å². The molecule has 0 fully saturated rings. The molecule has 3 nitrogen and oxygen atoms in total.